The SMILES string of the molecule is CCCOCCC.CCOCC.Cc1cccc2ccccc12. The van der Waals surface area contributed by atoms with Crippen LogP contribution in [0.2, 0.25) is 0 Å². The minimum Gasteiger partial charge on any atom is -0.382 e. The Kier molecular flexibility index (Phi) is 14.6. The van der Waals surface area contributed by atoms with E-state index in [2.05, 4.69) is 63.2 Å². The lowest BCUT2D eigenvalue weighted by atomic mass is 10.1. The lowest BCUT2D eigenvalue weighted by Gasteiger charge is -1.98. The molecule has 2 aromatic carbocycles. The third kappa shape index (κ3) is 10.9. The molecule has 0 amide bonds. The normalized spacial score (nSPS) is 9.61. The van der Waals surface area contributed by atoms with Crippen molar-refractivity contribution < 1.29 is 9.47 Å². The van der Waals surface area contributed by atoms with Crippen LogP contribution in [0.3, 0.4) is 0 Å². The molecule has 0 saturated heterocycles. The molecular weight excluding hydrogens is 284 g/mol. The number of ether oxygens (including phenoxy) is 2. The zero-order chi connectivity index (χ0) is 17.3. The molecule has 2 rings (SSSR count). The third-order valence-electron chi connectivity index (χ3n) is 3.11. The van der Waals surface area contributed by atoms with E-state index < -0.39 is 0 Å². The molecule has 0 heterocycles. The monoisotopic (exact) mass is 318 g/mol. The van der Waals surface area contributed by atoms with Gasteiger partial charge in [0.25, 0.3) is 0 Å². The Balaban J connectivity index is 0.000000351. The molecule has 23 heavy (non-hydrogen) atoms. The summed E-state index contributed by atoms with van der Waals surface area (Å²) in [6, 6.07) is 14.8. The average molecular weight is 319 g/mol. The fourth-order valence-electron chi connectivity index (χ4n) is 1.98. The van der Waals surface area contributed by atoms with E-state index in [0.717, 1.165) is 39.3 Å². The van der Waals surface area contributed by atoms with Gasteiger partial charge >= 0.3 is 0 Å². The van der Waals surface area contributed by atoms with Crippen LogP contribution in [0.25, 0.3) is 10.8 Å². The highest BCUT2D eigenvalue weighted by Gasteiger charge is 1.92. The Bertz CT molecular complexity index is 483. The Morgan fingerprint density at radius 2 is 1.26 bits per heavy atom. The van der Waals surface area contributed by atoms with Gasteiger partial charge in [0.2, 0.25) is 0 Å². The van der Waals surface area contributed by atoms with Gasteiger partial charge in [-0.3, -0.25) is 0 Å². The van der Waals surface area contributed by atoms with Crippen LogP contribution in [-0.4, -0.2) is 26.4 Å². The van der Waals surface area contributed by atoms with Gasteiger partial charge in [-0.05, 0) is 49.9 Å². The minimum atomic E-state index is 0.844. The first-order valence-corrected chi connectivity index (χ1v) is 8.80. The van der Waals surface area contributed by atoms with E-state index in [1.54, 1.807) is 0 Å². The van der Waals surface area contributed by atoms with Crippen molar-refractivity contribution in [1.29, 1.82) is 0 Å². The van der Waals surface area contributed by atoms with Gasteiger partial charge in [0, 0.05) is 26.4 Å². The molecular formula is C21H34O2. The van der Waals surface area contributed by atoms with Crippen molar-refractivity contribution in [2.75, 3.05) is 26.4 Å². The van der Waals surface area contributed by atoms with Gasteiger partial charge in [0.05, 0.1) is 0 Å². The molecule has 0 unspecified atom stereocenters. The predicted molar refractivity (Wildman–Crippen MR) is 102 cm³/mol. The van der Waals surface area contributed by atoms with E-state index in [1.807, 2.05) is 13.8 Å². The van der Waals surface area contributed by atoms with E-state index in [-0.39, 0.29) is 0 Å². The van der Waals surface area contributed by atoms with Crippen molar-refractivity contribution >= 4 is 10.8 Å². The second kappa shape index (κ2) is 15.5. The standard InChI is InChI=1S/C11H10.C6H14O.C4H10O/c1-9-5-4-7-10-6-2-3-8-11(9)10;1-3-5-7-6-4-2;1-3-5-4-2/h2-8H,1H3;3-6H2,1-2H3;3-4H2,1-2H3. The summed E-state index contributed by atoms with van der Waals surface area (Å²) in [6.07, 6.45) is 2.28. The van der Waals surface area contributed by atoms with Crippen LogP contribution in [-0.2, 0) is 9.47 Å². The summed E-state index contributed by atoms with van der Waals surface area (Å²) in [6.45, 7) is 13.9. The largest absolute Gasteiger partial charge is 0.382 e. The average Bonchev–Trinajstić information content (AvgIpc) is 2.58. The third-order valence-corrected chi connectivity index (χ3v) is 3.11. The van der Waals surface area contributed by atoms with Crippen molar-refractivity contribution in [2.45, 2.75) is 47.5 Å². The highest BCUT2D eigenvalue weighted by atomic mass is 16.5. The molecule has 0 saturated carbocycles. The Labute approximate surface area is 142 Å². The fourth-order valence-corrected chi connectivity index (χ4v) is 1.98. The molecule has 2 heteroatoms. The molecule has 2 aromatic rings. The molecule has 0 fully saturated rings. The molecule has 0 radical (unpaired) electrons. The lowest BCUT2D eigenvalue weighted by molar-refractivity contribution is 0.135. The second-order valence-electron chi connectivity index (χ2n) is 5.19. The smallest absolute Gasteiger partial charge is 0.0463 e. The molecule has 0 aromatic heterocycles. The van der Waals surface area contributed by atoms with Gasteiger partial charge in [-0.2, -0.15) is 0 Å². The molecule has 0 N–H and O–H groups in total. The maximum absolute atomic E-state index is 5.13. The minimum absolute atomic E-state index is 0.844. The number of rotatable bonds is 6. The predicted octanol–water partition coefficient (Wildman–Crippen LogP) is 6.01. The van der Waals surface area contributed by atoms with E-state index in [1.165, 1.54) is 16.3 Å². The van der Waals surface area contributed by atoms with E-state index in [9.17, 15) is 0 Å². The molecule has 0 aliphatic rings. The van der Waals surface area contributed by atoms with Gasteiger partial charge in [-0.1, -0.05) is 56.3 Å². The zero-order valence-corrected chi connectivity index (χ0v) is 15.6. The van der Waals surface area contributed by atoms with Crippen LogP contribution in [0.1, 0.15) is 46.1 Å². The second-order valence-corrected chi connectivity index (χ2v) is 5.19. The van der Waals surface area contributed by atoms with Crippen LogP contribution in [0.15, 0.2) is 42.5 Å². The Morgan fingerprint density at radius 1 is 0.696 bits per heavy atom. The summed E-state index contributed by atoms with van der Waals surface area (Å²) in [5.41, 5.74) is 1.35. The summed E-state index contributed by atoms with van der Waals surface area (Å²) in [5, 5.41) is 2.68. The molecule has 0 bridgehead atoms. The first-order chi connectivity index (χ1) is 11.2. The molecule has 0 spiro atoms. The van der Waals surface area contributed by atoms with Crippen LogP contribution in [0.5, 0.6) is 0 Å². The summed E-state index contributed by atoms with van der Waals surface area (Å²) in [4.78, 5) is 0. The number of benzene rings is 2. The van der Waals surface area contributed by atoms with Crippen molar-refractivity contribution in [1.82, 2.24) is 0 Å². The maximum Gasteiger partial charge on any atom is 0.0463 e. The topological polar surface area (TPSA) is 18.5 Å². The number of hydrogen-bond acceptors (Lipinski definition) is 2. The zero-order valence-electron chi connectivity index (χ0n) is 15.6. The molecule has 130 valence electrons. The van der Waals surface area contributed by atoms with Crippen LogP contribution >= 0.6 is 0 Å². The molecule has 0 atom stereocenters. The van der Waals surface area contributed by atoms with E-state index >= 15 is 0 Å². The summed E-state index contributed by atoms with van der Waals surface area (Å²) >= 11 is 0. The van der Waals surface area contributed by atoms with Crippen LogP contribution in [0, 0.1) is 6.92 Å². The summed E-state index contributed by atoms with van der Waals surface area (Å²) < 4.78 is 9.97. The Morgan fingerprint density at radius 3 is 1.74 bits per heavy atom. The van der Waals surface area contributed by atoms with Crippen molar-refractivity contribution in [2.24, 2.45) is 0 Å². The molecule has 0 aliphatic heterocycles. The Hall–Kier alpha value is -1.38. The van der Waals surface area contributed by atoms with E-state index in [0.29, 0.717) is 0 Å². The highest BCUT2D eigenvalue weighted by molar-refractivity contribution is 5.85. The van der Waals surface area contributed by atoms with Crippen molar-refractivity contribution in [3.05, 3.63) is 48.0 Å². The van der Waals surface area contributed by atoms with E-state index in [4.69, 9.17) is 9.47 Å². The maximum atomic E-state index is 5.13. The van der Waals surface area contributed by atoms with Crippen molar-refractivity contribution in [3.63, 3.8) is 0 Å². The summed E-state index contributed by atoms with van der Waals surface area (Å²) in [7, 11) is 0. The van der Waals surface area contributed by atoms with Gasteiger partial charge in [-0.25, -0.2) is 0 Å². The van der Waals surface area contributed by atoms with Crippen LogP contribution in [0.4, 0.5) is 0 Å². The molecule has 2 nitrogen and oxygen atoms in total. The first-order valence-electron chi connectivity index (χ1n) is 8.80. The van der Waals surface area contributed by atoms with Gasteiger partial charge in [-0.15, -0.1) is 0 Å². The van der Waals surface area contributed by atoms with Crippen LogP contribution < -0.4 is 0 Å². The van der Waals surface area contributed by atoms with Gasteiger partial charge < -0.3 is 9.47 Å². The number of hydrogen-bond donors (Lipinski definition) is 0. The van der Waals surface area contributed by atoms with Crippen molar-refractivity contribution in [3.8, 4) is 0 Å². The summed E-state index contributed by atoms with van der Waals surface area (Å²) in [5.74, 6) is 0. The van der Waals surface area contributed by atoms with Gasteiger partial charge in [0.15, 0.2) is 0 Å². The molecule has 0 aliphatic carbocycles. The fraction of sp³-hybridized carbons (Fsp3) is 0.524. The number of fused-ring (bicyclic) bond motifs is 1. The lowest BCUT2D eigenvalue weighted by Crippen LogP contribution is -1.92. The quantitative estimate of drug-likeness (QED) is 0.607. The first kappa shape index (κ1) is 21.6. The number of aryl methyl sites for hydroxylation is 1. The highest BCUT2D eigenvalue weighted by Crippen LogP contribution is 2.16. The van der Waals surface area contributed by atoms with Gasteiger partial charge in [0.1, 0.15) is 0 Å².